The molecule has 0 saturated heterocycles. The summed E-state index contributed by atoms with van der Waals surface area (Å²) in [7, 11) is 0. The smallest absolute Gasteiger partial charge is 0.251 e. The van der Waals surface area contributed by atoms with Gasteiger partial charge in [0.05, 0.1) is 5.02 Å². The van der Waals surface area contributed by atoms with Crippen LogP contribution >= 0.6 is 39.1 Å². The number of amides is 1. The first-order chi connectivity index (χ1) is 7.90. The summed E-state index contributed by atoms with van der Waals surface area (Å²) in [5.41, 5.74) is 0.579. The molecule has 0 spiro atoms. The van der Waals surface area contributed by atoms with Crippen LogP contribution in [-0.2, 0) is 0 Å². The van der Waals surface area contributed by atoms with E-state index in [0.717, 1.165) is 6.42 Å². The lowest BCUT2D eigenvalue weighted by Gasteiger charge is -2.15. The molecule has 0 aliphatic rings. The fourth-order valence-electron chi connectivity index (χ4n) is 1.49. The first-order valence-electron chi connectivity index (χ1n) is 5.30. The van der Waals surface area contributed by atoms with E-state index in [1.807, 2.05) is 13.8 Å². The van der Waals surface area contributed by atoms with Crippen LogP contribution in [0.4, 0.5) is 0 Å². The Kier molecular flexibility index (Phi) is 5.77. The van der Waals surface area contributed by atoms with Gasteiger partial charge in [0.2, 0.25) is 0 Å². The number of carbonyl (C=O) groups is 1. The van der Waals surface area contributed by atoms with Crippen molar-refractivity contribution in [1.29, 1.82) is 0 Å². The number of nitrogens with one attached hydrogen (secondary N) is 1. The van der Waals surface area contributed by atoms with Gasteiger partial charge in [-0.3, -0.25) is 4.79 Å². The van der Waals surface area contributed by atoms with Gasteiger partial charge in [-0.2, -0.15) is 0 Å². The second-order valence-corrected chi connectivity index (χ2v) is 6.03. The normalized spacial score (nSPS) is 14.2. The SMILES string of the molecule is CC(Cl)CC(C)NC(=O)c1ccc(Cl)c(Br)c1. The first kappa shape index (κ1) is 14.8. The third-order valence-corrected chi connectivity index (χ3v) is 3.63. The Morgan fingerprint density at radius 3 is 2.65 bits per heavy atom. The van der Waals surface area contributed by atoms with Crippen molar-refractivity contribution in [2.24, 2.45) is 0 Å². The molecule has 0 bridgehead atoms. The van der Waals surface area contributed by atoms with Crippen molar-refractivity contribution in [3.8, 4) is 0 Å². The fourth-order valence-corrected chi connectivity index (χ4v) is 2.25. The Balaban J connectivity index is 2.66. The van der Waals surface area contributed by atoms with Gasteiger partial charge in [0.1, 0.15) is 0 Å². The molecule has 1 rings (SSSR count). The highest BCUT2D eigenvalue weighted by Gasteiger charge is 2.12. The summed E-state index contributed by atoms with van der Waals surface area (Å²) in [6.07, 6.45) is 0.738. The summed E-state index contributed by atoms with van der Waals surface area (Å²) in [5, 5.41) is 3.52. The predicted molar refractivity (Wildman–Crippen MR) is 76.0 cm³/mol. The minimum absolute atomic E-state index is 0.0438. The van der Waals surface area contributed by atoms with E-state index in [1.165, 1.54) is 0 Å². The zero-order valence-electron chi connectivity index (χ0n) is 9.64. The van der Waals surface area contributed by atoms with Gasteiger partial charge < -0.3 is 5.32 Å². The molecule has 0 aromatic heterocycles. The van der Waals surface area contributed by atoms with Crippen molar-refractivity contribution in [2.45, 2.75) is 31.7 Å². The Bertz CT molecular complexity index is 409. The van der Waals surface area contributed by atoms with Gasteiger partial charge in [0.25, 0.3) is 5.91 Å². The Morgan fingerprint density at radius 2 is 2.12 bits per heavy atom. The Morgan fingerprint density at radius 1 is 1.47 bits per heavy atom. The molecule has 1 N–H and O–H groups in total. The van der Waals surface area contributed by atoms with Crippen LogP contribution in [0.15, 0.2) is 22.7 Å². The number of carbonyl (C=O) groups excluding carboxylic acids is 1. The largest absolute Gasteiger partial charge is 0.350 e. The summed E-state index contributed by atoms with van der Waals surface area (Å²) in [4.78, 5) is 11.9. The molecule has 1 aromatic carbocycles. The van der Waals surface area contributed by atoms with Crippen LogP contribution < -0.4 is 5.32 Å². The van der Waals surface area contributed by atoms with Crippen LogP contribution in [0.3, 0.4) is 0 Å². The molecule has 0 radical (unpaired) electrons. The maximum absolute atomic E-state index is 11.9. The molecular formula is C12H14BrCl2NO. The average molecular weight is 339 g/mol. The van der Waals surface area contributed by atoms with E-state index in [4.69, 9.17) is 23.2 Å². The summed E-state index contributed by atoms with van der Waals surface area (Å²) in [6, 6.07) is 5.13. The number of hydrogen-bond acceptors (Lipinski definition) is 1. The van der Waals surface area contributed by atoms with Crippen LogP contribution in [-0.4, -0.2) is 17.3 Å². The molecule has 1 amide bonds. The van der Waals surface area contributed by atoms with Crippen LogP contribution in [0.2, 0.25) is 5.02 Å². The highest BCUT2D eigenvalue weighted by molar-refractivity contribution is 9.10. The van der Waals surface area contributed by atoms with Gasteiger partial charge in [-0.1, -0.05) is 11.6 Å². The molecular weight excluding hydrogens is 325 g/mol. The molecule has 2 nitrogen and oxygen atoms in total. The van der Waals surface area contributed by atoms with Crippen LogP contribution in [0, 0.1) is 0 Å². The molecule has 1 aromatic rings. The molecule has 0 heterocycles. The highest BCUT2D eigenvalue weighted by atomic mass is 79.9. The third kappa shape index (κ3) is 4.86. The summed E-state index contributed by atoms with van der Waals surface area (Å²) in [5.74, 6) is -0.118. The fraction of sp³-hybridized carbons (Fsp3) is 0.417. The number of halogens is 3. The Hall–Kier alpha value is -0.250. The molecule has 0 fully saturated rings. The predicted octanol–water partition coefficient (Wildman–Crippen LogP) is 4.24. The van der Waals surface area contributed by atoms with Crippen molar-refractivity contribution in [1.82, 2.24) is 5.32 Å². The van der Waals surface area contributed by atoms with Gasteiger partial charge in [-0.25, -0.2) is 0 Å². The van der Waals surface area contributed by atoms with Gasteiger partial charge in [-0.15, -0.1) is 11.6 Å². The highest BCUT2D eigenvalue weighted by Crippen LogP contribution is 2.23. The molecule has 0 aliphatic carbocycles. The molecule has 2 atom stereocenters. The van der Waals surface area contributed by atoms with Crippen molar-refractivity contribution in [3.05, 3.63) is 33.3 Å². The maximum Gasteiger partial charge on any atom is 0.251 e. The minimum Gasteiger partial charge on any atom is -0.350 e. The molecule has 17 heavy (non-hydrogen) atoms. The maximum atomic E-state index is 11.9. The van der Waals surface area contributed by atoms with E-state index >= 15 is 0 Å². The minimum atomic E-state index is -0.118. The van der Waals surface area contributed by atoms with E-state index in [9.17, 15) is 4.79 Å². The number of hydrogen-bond donors (Lipinski definition) is 1. The van der Waals surface area contributed by atoms with E-state index in [0.29, 0.717) is 15.1 Å². The van der Waals surface area contributed by atoms with Gasteiger partial charge in [-0.05, 0) is 54.4 Å². The topological polar surface area (TPSA) is 29.1 Å². The van der Waals surface area contributed by atoms with Crippen molar-refractivity contribution in [3.63, 3.8) is 0 Å². The summed E-state index contributed by atoms with van der Waals surface area (Å²) >= 11 is 15.0. The van der Waals surface area contributed by atoms with Crippen LogP contribution in [0.1, 0.15) is 30.6 Å². The van der Waals surface area contributed by atoms with Crippen molar-refractivity contribution in [2.75, 3.05) is 0 Å². The van der Waals surface area contributed by atoms with Gasteiger partial charge >= 0.3 is 0 Å². The number of rotatable bonds is 4. The van der Waals surface area contributed by atoms with Gasteiger partial charge in [0.15, 0.2) is 0 Å². The summed E-state index contributed by atoms with van der Waals surface area (Å²) < 4.78 is 0.713. The van der Waals surface area contributed by atoms with Gasteiger partial charge in [0, 0.05) is 21.5 Å². The third-order valence-electron chi connectivity index (χ3n) is 2.24. The number of benzene rings is 1. The second kappa shape index (κ2) is 6.62. The lowest BCUT2D eigenvalue weighted by molar-refractivity contribution is 0.0938. The lowest BCUT2D eigenvalue weighted by atomic mass is 10.1. The van der Waals surface area contributed by atoms with Crippen molar-refractivity contribution < 1.29 is 4.79 Å². The van der Waals surface area contributed by atoms with E-state index in [1.54, 1.807) is 18.2 Å². The standard InChI is InChI=1S/C12H14BrCl2NO/c1-7(14)5-8(2)16-12(17)9-3-4-11(15)10(13)6-9/h3-4,6-8H,5H2,1-2H3,(H,16,17). The van der Waals surface area contributed by atoms with Crippen molar-refractivity contribution >= 4 is 45.0 Å². The zero-order chi connectivity index (χ0) is 13.0. The first-order valence-corrected chi connectivity index (χ1v) is 6.91. The second-order valence-electron chi connectivity index (χ2n) is 4.02. The van der Waals surface area contributed by atoms with E-state index in [-0.39, 0.29) is 17.3 Å². The molecule has 2 unspecified atom stereocenters. The molecule has 0 aliphatic heterocycles. The van der Waals surface area contributed by atoms with E-state index in [2.05, 4.69) is 21.2 Å². The Labute approximate surface area is 120 Å². The zero-order valence-corrected chi connectivity index (χ0v) is 12.7. The monoisotopic (exact) mass is 337 g/mol. The van der Waals surface area contributed by atoms with E-state index < -0.39 is 0 Å². The summed E-state index contributed by atoms with van der Waals surface area (Å²) in [6.45, 7) is 3.84. The average Bonchev–Trinajstić information content (AvgIpc) is 2.20. The lowest BCUT2D eigenvalue weighted by Crippen LogP contribution is -2.33. The van der Waals surface area contributed by atoms with Crippen LogP contribution in [0.25, 0.3) is 0 Å². The quantitative estimate of drug-likeness (QED) is 0.817. The molecule has 0 saturated carbocycles. The molecule has 94 valence electrons. The number of alkyl halides is 1. The van der Waals surface area contributed by atoms with Crippen LogP contribution in [0.5, 0.6) is 0 Å². The molecule has 5 heteroatoms.